The lowest BCUT2D eigenvalue weighted by molar-refractivity contribution is -0.384. The maximum atomic E-state index is 12.9. The summed E-state index contributed by atoms with van der Waals surface area (Å²) in [5.74, 6) is -1.04. The summed E-state index contributed by atoms with van der Waals surface area (Å²) in [5, 5.41) is 19.4. The Labute approximate surface area is 178 Å². The minimum Gasteiger partial charge on any atom is -0.294 e. The van der Waals surface area contributed by atoms with Crippen LogP contribution in [0.1, 0.15) is 23.2 Å². The van der Waals surface area contributed by atoms with E-state index in [2.05, 4.69) is 15.4 Å². The molecular weight excluding hydrogens is 425 g/mol. The van der Waals surface area contributed by atoms with E-state index in [0.717, 1.165) is 0 Å². The number of hydrogen-bond donors (Lipinski definition) is 1. The van der Waals surface area contributed by atoms with Gasteiger partial charge in [-0.15, -0.1) is 16.4 Å². The van der Waals surface area contributed by atoms with Crippen molar-refractivity contribution in [3.05, 3.63) is 75.4 Å². The molecule has 4 rings (SSSR count). The molecule has 2 heterocycles. The van der Waals surface area contributed by atoms with Gasteiger partial charge in [0.15, 0.2) is 5.78 Å². The summed E-state index contributed by atoms with van der Waals surface area (Å²) < 4.78 is 14.5. The zero-order valence-electron chi connectivity index (χ0n) is 15.8. The highest BCUT2D eigenvalue weighted by Crippen LogP contribution is 2.27. The number of halogens is 1. The Kier molecular flexibility index (Phi) is 5.50. The third kappa shape index (κ3) is 4.46. The molecule has 0 bridgehead atoms. The van der Waals surface area contributed by atoms with Gasteiger partial charge in [-0.05, 0) is 36.4 Å². The molecule has 0 aliphatic rings. The summed E-state index contributed by atoms with van der Waals surface area (Å²) in [6.45, 7) is 0. The normalized spacial score (nSPS) is 10.9. The number of nitrogens with zero attached hydrogens (tertiary/aromatic N) is 4. The van der Waals surface area contributed by atoms with E-state index in [1.807, 2.05) is 5.38 Å². The molecule has 0 atom stereocenters. The van der Waals surface area contributed by atoms with Crippen LogP contribution in [-0.2, 0) is 4.79 Å². The van der Waals surface area contributed by atoms with Crippen molar-refractivity contribution in [2.24, 2.45) is 0 Å². The number of nitrogens with one attached hydrogen (secondary N) is 1. The molecule has 1 amide bonds. The number of hydrogen-bond acceptors (Lipinski definition) is 7. The van der Waals surface area contributed by atoms with Gasteiger partial charge in [0, 0.05) is 41.5 Å². The second kappa shape index (κ2) is 8.40. The highest BCUT2D eigenvalue weighted by atomic mass is 32.1. The molecule has 11 heteroatoms. The number of anilines is 1. The number of nitro benzene ring substituents is 1. The van der Waals surface area contributed by atoms with Crippen LogP contribution in [0.4, 0.5) is 16.0 Å². The van der Waals surface area contributed by atoms with Crippen LogP contribution in [0.5, 0.6) is 0 Å². The molecule has 9 nitrogen and oxygen atoms in total. The predicted molar refractivity (Wildman–Crippen MR) is 112 cm³/mol. The van der Waals surface area contributed by atoms with Crippen LogP contribution in [0.15, 0.2) is 53.9 Å². The van der Waals surface area contributed by atoms with Crippen molar-refractivity contribution in [1.29, 1.82) is 0 Å². The third-order valence-corrected chi connectivity index (χ3v) is 5.27. The number of non-ortho nitro benzene ring substituents is 1. The SMILES string of the molecule is O=C(CCC(=O)c1ccc(F)cc1)Nc1nc2scc(-c3ccc([N+](=O)[O-])cc3)n2n1. The summed E-state index contributed by atoms with van der Waals surface area (Å²) in [4.78, 5) is 39.4. The van der Waals surface area contributed by atoms with Crippen molar-refractivity contribution in [1.82, 2.24) is 14.6 Å². The Bertz CT molecular complexity index is 1280. The summed E-state index contributed by atoms with van der Waals surface area (Å²) >= 11 is 1.30. The number of thiazole rings is 1. The second-order valence-electron chi connectivity index (χ2n) is 6.53. The monoisotopic (exact) mass is 439 g/mol. The number of Topliss-reactive ketones (excluding diaryl/α,β-unsaturated/α-hetero) is 1. The molecule has 156 valence electrons. The molecule has 1 N–H and O–H groups in total. The minimum atomic E-state index is -0.475. The summed E-state index contributed by atoms with van der Waals surface area (Å²) in [7, 11) is 0. The Morgan fingerprint density at radius 1 is 1.10 bits per heavy atom. The van der Waals surface area contributed by atoms with Crippen LogP contribution < -0.4 is 5.32 Å². The quantitative estimate of drug-likeness (QED) is 0.263. The average Bonchev–Trinajstić information content (AvgIpc) is 3.32. The van der Waals surface area contributed by atoms with Crippen molar-refractivity contribution < 1.29 is 18.9 Å². The number of carbonyl (C=O) groups is 2. The second-order valence-corrected chi connectivity index (χ2v) is 7.37. The smallest absolute Gasteiger partial charge is 0.269 e. The number of ketones is 1. The molecule has 4 aromatic rings. The fraction of sp³-hybridized carbons (Fsp3) is 0.100. The van der Waals surface area contributed by atoms with Crippen LogP contribution in [0, 0.1) is 15.9 Å². The Hall–Kier alpha value is -3.99. The number of benzene rings is 2. The van der Waals surface area contributed by atoms with E-state index in [-0.39, 0.29) is 30.3 Å². The van der Waals surface area contributed by atoms with E-state index in [1.54, 1.807) is 12.1 Å². The van der Waals surface area contributed by atoms with Gasteiger partial charge in [0.05, 0.1) is 10.6 Å². The van der Waals surface area contributed by atoms with Gasteiger partial charge in [0.25, 0.3) is 5.69 Å². The van der Waals surface area contributed by atoms with Gasteiger partial charge in [0.1, 0.15) is 5.82 Å². The van der Waals surface area contributed by atoms with Crippen molar-refractivity contribution in [2.75, 3.05) is 5.32 Å². The van der Waals surface area contributed by atoms with Gasteiger partial charge in [0.2, 0.25) is 16.8 Å². The molecule has 0 unspecified atom stereocenters. The van der Waals surface area contributed by atoms with Crippen LogP contribution in [-0.4, -0.2) is 31.2 Å². The average molecular weight is 439 g/mol. The zero-order chi connectivity index (χ0) is 22.0. The van der Waals surface area contributed by atoms with Crippen LogP contribution in [0.2, 0.25) is 0 Å². The summed E-state index contributed by atoms with van der Waals surface area (Å²) in [5.41, 5.74) is 1.71. The first-order valence-electron chi connectivity index (χ1n) is 9.08. The molecule has 2 aromatic heterocycles. The molecule has 31 heavy (non-hydrogen) atoms. The number of carbonyl (C=O) groups excluding carboxylic acids is 2. The van der Waals surface area contributed by atoms with E-state index in [9.17, 15) is 24.1 Å². The molecule has 0 aliphatic carbocycles. The van der Waals surface area contributed by atoms with E-state index in [1.165, 1.54) is 52.3 Å². The van der Waals surface area contributed by atoms with Crippen LogP contribution in [0.3, 0.4) is 0 Å². The molecule has 0 saturated heterocycles. The third-order valence-electron chi connectivity index (χ3n) is 4.45. The van der Waals surface area contributed by atoms with E-state index in [0.29, 0.717) is 21.8 Å². The first kappa shape index (κ1) is 20.3. The largest absolute Gasteiger partial charge is 0.294 e. The molecule has 0 saturated carbocycles. The first-order chi connectivity index (χ1) is 14.9. The predicted octanol–water partition coefficient (Wildman–Crippen LogP) is 4.11. The first-order valence-corrected chi connectivity index (χ1v) is 9.96. The lowest BCUT2D eigenvalue weighted by Gasteiger charge is -2.02. The number of aromatic nitrogens is 3. The van der Waals surface area contributed by atoms with E-state index in [4.69, 9.17) is 0 Å². The molecule has 2 aromatic carbocycles. The summed E-state index contributed by atoms with van der Waals surface area (Å²) in [6, 6.07) is 11.2. The Morgan fingerprint density at radius 2 is 1.81 bits per heavy atom. The highest BCUT2D eigenvalue weighted by Gasteiger charge is 2.15. The number of rotatable bonds is 7. The topological polar surface area (TPSA) is 120 Å². The van der Waals surface area contributed by atoms with Crippen molar-refractivity contribution in [2.45, 2.75) is 12.8 Å². The van der Waals surface area contributed by atoms with Crippen molar-refractivity contribution in [3.63, 3.8) is 0 Å². The lowest BCUT2D eigenvalue weighted by Crippen LogP contribution is -2.14. The summed E-state index contributed by atoms with van der Waals surface area (Å²) in [6.07, 6.45) is -0.105. The van der Waals surface area contributed by atoms with E-state index >= 15 is 0 Å². The van der Waals surface area contributed by atoms with Crippen molar-refractivity contribution in [3.8, 4) is 11.3 Å². The molecule has 0 radical (unpaired) electrons. The molecule has 0 aliphatic heterocycles. The molecule has 0 fully saturated rings. The van der Waals surface area contributed by atoms with Crippen LogP contribution in [0.25, 0.3) is 16.2 Å². The molecule has 0 spiro atoms. The Balaban J connectivity index is 1.42. The number of amides is 1. The van der Waals surface area contributed by atoms with Gasteiger partial charge in [-0.25, -0.2) is 8.91 Å². The number of nitro groups is 1. The molecular formula is C20H14FN5O4S. The highest BCUT2D eigenvalue weighted by molar-refractivity contribution is 7.15. The van der Waals surface area contributed by atoms with Gasteiger partial charge in [-0.3, -0.25) is 25.0 Å². The maximum Gasteiger partial charge on any atom is 0.269 e. The van der Waals surface area contributed by atoms with Crippen LogP contribution >= 0.6 is 11.3 Å². The fourth-order valence-electron chi connectivity index (χ4n) is 2.88. The zero-order valence-corrected chi connectivity index (χ0v) is 16.6. The Morgan fingerprint density at radius 3 is 2.48 bits per heavy atom. The number of fused-ring (bicyclic) bond motifs is 1. The standard InChI is InChI=1S/C20H14FN5O4S/c21-14-5-1-13(2-6-14)17(27)9-10-18(28)22-19-23-20-25(24-19)16(11-31-20)12-3-7-15(8-4-12)26(29)30/h1-8,11H,9-10H2,(H,22,24,28). The van der Waals surface area contributed by atoms with Gasteiger partial charge >= 0.3 is 0 Å². The van der Waals surface area contributed by atoms with Gasteiger partial charge in [-0.1, -0.05) is 0 Å². The maximum absolute atomic E-state index is 12.9. The minimum absolute atomic E-state index is 0.0167. The fourth-order valence-corrected chi connectivity index (χ4v) is 3.71. The van der Waals surface area contributed by atoms with Crippen molar-refractivity contribution >= 4 is 39.6 Å². The lowest BCUT2D eigenvalue weighted by atomic mass is 10.1. The van der Waals surface area contributed by atoms with Gasteiger partial charge in [-0.2, -0.15) is 4.98 Å². The van der Waals surface area contributed by atoms with E-state index < -0.39 is 16.6 Å². The van der Waals surface area contributed by atoms with Gasteiger partial charge < -0.3 is 0 Å².